The average Bonchev–Trinajstić information content (AvgIpc) is 2.64. The summed E-state index contributed by atoms with van der Waals surface area (Å²) in [4.78, 5) is 11.5. The predicted molar refractivity (Wildman–Crippen MR) is 101 cm³/mol. The Kier molecular flexibility index (Phi) is 7.09. The van der Waals surface area contributed by atoms with Crippen LogP contribution in [0, 0.1) is 0 Å². The molecule has 26 heavy (non-hydrogen) atoms. The van der Waals surface area contributed by atoms with E-state index >= 15 is 0 Å². The number of aryl methyl sites for hydroxylation is 1. The van der Waals surface area contributed by atoms with Crippen LogP contribution in [-0.4, -0.2) is 45.2 Å². The van der Waals surface area contributed by atoms with Crippen molar-refractivity contribution in [3.63, 3.8) is 0 Å². The number of benzene rings is 1. The molecular weight excluding hydrogens is 330 g/mol. The first-order valence-electron chi connectivity index (χ1n) is 9.59. The molecule has 1 amide bonds. The average molecular weight is 359 g/mol. The molecule has 5 heteroatoms. The van der Waals surface area contributed by atoms with Gasteiger partial charge in [0, 0.05) is 12.5 Å². The third kappa shape index (κ3) is 5.32. The Morgan fingerprint density at radius 3 is 3.08 bits per heavy atom. The van der Waals surface area contributed by atoms with Crippen molar-refractivity contribution in [2.24, 2.45) is 0 Å². The molecule has 1 aliphatic heterocycles. The molecule has 1 fully saturated rings. The summed E-state index contributed by atoms with van der Waals surface area (Å²) in [5.41, 5.74) is 4.13. The third-order valence-electron chi connectivity index (χ3n) is 5.12. The molecule has 1 heterocycles. The van der Waals surface area contributed by atoms with E-state index in [1.807, 2.05) is 0 Å². The maximum absolute atomic E-state index is 11.5. The summed E-state index contributed by atoms with van der Waals surface area (Å²) in [6.07, 6.45) is 6.74. The van der Waals surface area contributed by atoms with Crippen LogP contribution in [0.25, 0.3) is 0 Å². The van der Waals surface area contributed by atoms with E-state index in [1.54, 1.807) is 6.08 Å². The summed E-state index contributed by atoms with van der Waals surface area (Å²) in [6, 6.07) is 6.79. The monoisotopic (exact) mass is 359 g/mol. The Labute approximate surface area is 155 Å². The number of rotatable bonds is 7. The lowest BCUT2D eigenvalue weighted by Gasteiger charge is -2.27. The lowest BCUT2D eigenvalue weighted by atomic mass is 9.85. The largest absolute Gasteiger partial charge is 0.450 e. The van der Waals surface area contributed by atoms with Gasteiger partial charge in [-0.05, 0) is 48.8 Å². The second kappa shape index (κ2) is 9.74. The summed E-state index contributed by atoms with van der Waals surface area (Å²) >= 11 is 0. The number of carbonyl (C=O) groups excluding carboxylic acids is 1. The van der Waals surface area contributed by atoms with Gasteiger partial charge in [-0.2, -0.15) is 0 Å². The molecular formula is C21H29NO4. The zero-order valence-corrected chi connectivity index (χ0v) is 15.4. The van der Waals surface area contributed by atoms with Crippen molar-refractivity contribution < 1.29 is 19.0 Å². The highest BCUT2D eigenvalue weighted by Gasteiger charge is 2.22. The van der Waals surface area contributed by atoms with E-state index in [-0.39, 0.29) is 12.2 Å². The summed E-state index contributed by atoms with van der Waals surface area (Å²) in [7, 11) is 0. The third-order valence-corrected chi connectivity index (χ3v) is 5.12. The highest BCUT2D eigenvalue weighted by Crippen LogP contribution is 2.29. The van der Waals surface area contributed by atoms with Crippen molar-refractivity contribution in [2.45, 2.75) is 44.1 Å². The number of nitrogens with one attached hydrogen (secondary N) is 1. The van der Waals surface area contributed by atoms with Crippen LogP contribution in [0.2, 0.25) is 0 Å². The van der Waals surface area contributed by atoms with Crippen LogP contribution >= 0.6 is 0 Å². The van der Waals surface area contributed by atoms with Gasteiger partial charge in [0.05, 0.1) is 32.5 Å². The minimum Gasteiger partial charge on any atom is -0.450 e. The Morgan fingerprint density at radius 1 is 1.27 bits per heavy atom. The van der Waals surface area contributed by atoms with Gasteiger partial charge in [0.25, 0.3) is 0 Å². The molecule has 0 saturated carbocycles. The number of cyclic esters (lactones) is 1. The highest BCUT2D eigenvalue weighted by molar-refractivity contribution is 5.67. The van der Waals surface area contributed by atoms with Crippen LogP contribution in [0.3, 0.4) is 0 Å². The maximum Gasteiger partial charge on any atom is 0.407 e. The standard InChI is InChI=1S/C21H29NO4/c1-2-9-24-11-12-25-20-8-7-16-13-17(5-6-18(16)14-20)19-4-3-10-26-21(23)22-15-19/h2,5-6,13,19-20H,1,3-4,7-12,14-15H2,(H,22,23)/t19-,20?/m0/s1. The van der Waals surface area contributed by atoms with Crippen molar-refractivity contribution in [2.75, 3.05) is 33.0 Å². The number of hydrogen-bond acceptors (Lipinski definition) is 4. The normalized spacial score (nSPS) is 23.2. The van der Waals surface area contributed by atoms with Gasteiger partial charge in [0.15, 0.2) is 0 Å². The number of alkyl carbamates (subject to hydrolysis) is 1. The van der Waals surface area contributed by atoms with Crippen LogP contribution in [0.15, 0.2) is 30.9 Å². The summed E-state index contributed by atoms with van der Waals surface area (Å²) in [5, 5.41) is 2.86. The van der Waals surface area contributed by atoms with Crippen molar-refractivity contribution in [3.8, 4) is 0 Å². The van der Waals surface area contributed by atoms with E-state index in [1.165, 1.54) is 16.7 Å². The second-order valence-corrected chi connectivity index (χ2v) is 6.98. The molecule has 2 atom stereocenters. The second-order valence-electron chi connectivity index (χ2n) is 6.98. The van der Waals surface area contributed by atoms with E-state index in [0.29, 0.717) is 38.9 Å². The lowest BCUT2D eigenvalue weighted by molar-refractivity contribution is 0.00495. The molecule has 3 rings (SSSR count). The molecule has 1 aromatic carbocycles. The van der Waals surface area contributed by atoms with Crippen molar-refractivity contribution in [3.05, 3.63) is 47.5 Å². The van der Waals surface area contributed by atoms with Crippen LogP contribution < -0.4 is 5.32 Å². The smallest absolute Gasteiger partial charge is 0.407 e. The van der Waals surface area contributed by atoms with Crippen LogP contribution in [0.4, 0.5) is 4.79 Å². The molecule has 2 aliphatic rings. The van der Waals surface area contributed by atoms with Gasteiger partial charge in [0.2, 0.25) is 0 Å². The summed E-state index contributed by atoms with van der Waals surface area (Å²) in [5.74, 6) is 0.365. The number of hydrogen-bond donors (Lipinski definition) is 1. The Hall–Kier alpha value is -1.85. The van der Waals surface area contributed by atoms with E-state index in [0.717, 1.165) is 32.1 Å². The lowest BCUT2D eigenvalue weighted by Crippen LogP contribution is -2.32. The number of carbonyl (C=O) groups is 1. The van der Waals surface area contributed by atoms with Crippen molar-refractivity contribution in [1.29, 1.82) is 0 Å². The first-order chi connectivity index (χ1) is 12.8. The first-order valence-corrected chi connectivity index (χ1v) is 9.59. The quantitative estimate of drug-likeness (QED) is 0.599. The van der Waals surface area contributed by atoms with Crippen LogP contribution in [-0.2, 0) is 27.1 Å². The number of amides is 1. The maximum atomic E-state index is 11.5. The van der Waals surface area contributed by atoms with Crippen molar-refractivity contribution in [1.82, 2.24) is 5.32 Å². The minimum atomic E-state index is -0.301. The number of ether oxygens (including phenoxy) is 3. The SMILES string of the molecule is C=CCOCCOC1CCc2cc([C@H]3CCCOC(=O)NC3)ccc2C1. The molecule has 1 unspecified atom stereocenters. The molecule has 1 N–H and O–H groups in total. The molecule has 5 nitrogen and oxygen atoms in total. The molecule has 1 aliphatic carbocycles. The molecule has 0 aromatic heterocycles. The first kappa shape index (κ1) is 18.9. The minimum absolute atomic E-state index is 0.276. The van der Waals surface area contributed by atoms with Crippen LogP contribution in [0.1, 0.15) is 41.9 Å². The summed E-state index contributed by atoms with van der Waals surface area (Å²) < 4.78 is 16.4. The van der Waals surface area contributed by atoms with Gasteiger partial charge in [-0.25, -0.2) is 4.79 Å². The fraction of sp³-hybridized carbons (Fsp3) is 0.571. The van der Waals surface area contributed by atoms with Crippen LogP contribution in [0.5, 0.6) is 0 Å². The zero-order chi connectivity index (χ0) is 18.2. The van der Waals surface area contributed by atoms with Gasteiger partial charge >= 0.3 is 6.09 Å². The molecule has 1 saturated heterocycles. The topological polar surface area (TPSA) is 56.8 Å². The fourth-order valence-electron chi connectivity index (χ4n) is 3.72. The molecule has 0 spiro atoms. The van der Waals surface area contributed by atoms with Crippen molar-refractivity contribution >= 4 is 6.09 Å². The van der Waals surface area contributed by atoms with E-state index in [2.05, 4.69) is 30.1 Å². The van der Waals surface area contributed by atoms with E-state index in [9.17, 15) is 4.79 Å². The van der Waals surface area contributed by atoms with Gasteiger partial charge in [-0.3, -0.25) is 0 Å². The molecule has 0 bridgehead atoms. The Balaban J connectivity index is 1.54. The Morgan fingerprint density at radius 2 is 2.19 bits per heavy atom. The van der Waals surface area contributed by atoms with Gasteiger partial charge < -0.3 is 19.5 Å². The molecule has 0 radical (unpaired) electrons. The highest BCUT2D eigenvalue weighted by atomic mass is 16.5. The molecule has 1 aromatic rings. The van der Waals surface area contributed by atoms with Gasteiger partial charge in [-0.15, -0.1) is 6.58 Å². The van der Waals surface area contributed by atoms with Gasteiger partial charge in [-0.1, -0.05) is 24.3 Å². The predicted octanol–water partition coefficient (Wildman–Crippen LogP) is 3.37. The molecule has 142 valence electrons. The van der Waals surface area contributed by atoms with E-state index in [4.69, 9.17) is 14.2 Å². The summed E-state index contributed by atoms with van der Waals surface area (Å²) in [6.45, 7) is 6.61. The fourth-order valence-corrected chi connectivity index (χ4v) is 3.72. The van der Waals surface area contributed by atoms with Gasteiger partial charge in [0.1, 0.15) is 0 Å². The number of fused-ring (bicyclic) bond motifs is 1. The van der Waals surface area contributed by atoms with E-state index < -0.39 is 0 Å². The zero-order valence-electron chi connectivity index (χ0n) is 15.4. The Bertz CT molecular complexity index is 616.